The maximum absolute atomic E-state index is 13.4. The number of amides is 3. The Morgan fingerprint density at radius 2 is 2.04 bits per heavy atom. The van der Waals surface area contributed by atoms with Gasteiger partial charge in [-0.3, -0.25) is 14.4 Å². The molecule has 7 heteroatoms. The second-order valence-corrected chi connectivity index (χ2v) is 9.13. The molecule has 1 saturated carbocycles. The van der Waals surface area contributed by atoms with Crippen LogP contribution in [0.25, 0.3) is 0 Å². The van der Waals surface area contributed by atoms with Crippen molar-refractivity contribution in [2.45, 2.75) is 89.4 Å². The van der Waals surface area contributed by atoms with Crippen molar-refractivity contribution in [1.29, 1.82) is 0 Å². The monoisotopic (exact) mass is 405 g/mol. The topological polar surface area (TPSA) is 78.5 Å². The fraction of sp³-hybridized carbons (Fsp3) is 0.667. The van der Waals surface area contributed by atoms with Crippen LogP contribution >= 0.6 is 11.3 Å². The molecule has 154 valence electrons. The lowest BCUT2D eigenvalue weighted by atomic mass is 9.90. The van der Waals surface area contributed by atoms with E-state index in [2.05, 4.69) is 10.6 Å². The summed E-state index contributed by atoms with van der Waals surface area (Å²) in [6.07, 6.45) is 6.87. The first-order chi connectivity index (χ1) is 13.4. The van der Waals surface area contributed by atoms with Crippen LogP contribution in [0.5, 0.6) is 0 Å². The van der Waals surface area contributed by atoms with E-state index in [0.717, 1.165) is 30.6 Å². The molecule has 28 heavy (non-hydrogen) atoms. The number of carbonyl (C=O) groups is 3. The predicted octanol–water partition coefficient (Wildman–Crippen LogP) is 2.97. The van der Waals surface area contributed by atoms with Gasteiger partial charge < -0.3 is 15.5 Å². The lowest BCUT2D eigenvalue weighted by Crippen LogP contribution is -2.62. The van der Waals surface area contributed by atoms with Crippen LogP contribution in [0.3, 0.4) is 0 Å². The van der Waals surface area contributed by atoms with Gasteiger partial charge in [0.1, 0.15) is 11.6 Å². The van der Waals surface area contributed by atoms with Crippen LogP contribution in [-0.4, -0.2) is 40.2 Å². The quantitative estimate of drug-likeness (QED) is 0.732. The molecular formula is C21H31N3O3S. The second kappa shape index (κ2) is 9.07. The lowest BCUT2D eigenvalue weighted by molar-refractivity contribution is -0.150. The summed E-state index contributed by atoms with van der Waals surface area (Å²) in [7, 11) is 0. The Kier molecular flexibility index (Phi) is 6.75. The van der Waals surface area contributed by atoms with Crippen LogP contribution in [0, 0.1) is 0 Å². The first-order valence-electron chi connectivity index (χ1n) is 10.4. The van der Waals surface area contributed by atoms with Gasteiger partial charge in [-0.1, -0.05) is 32.3 Å². The van der Waals surface area contributed by atoms with E-state index in [1.807, 2.05) is 31.4 Å². The standard InChI is InChI=1S/C21H31N3O3S/c1-3-21(2,20(27)22-15-8-5-4-6-9-15)24(14-16-10-7-13-28-16)19(26)17-11-12-18(25)23-17/h7,10,13,15,17H,3-6,8-9,11-12,14H2,1-2H3,(H,22,27)(H,23,25)/t17-,21+/m1/s1. The largest absolute Gasteiger partial charge is 0.351 e. The zero-order chi connectivity index (χ0) is 20.1. The molecule has 1 saturated heterocycles. The third kappa shape index (κ3) is 4.57. The van der Waals surface area contributed by atoms with Crippen molar-refractivity contribution < 1.29 is 14.4 Å². The lowest BCUT2D eigenvalue weighted by Gasteiger charge is -2.41. The summed E-state index contributed by atoms with van der Waals surface area (Å²) < 4.78 is 0. The number of carbonyl (C=O) groups excluding carboxylic acids is 3. The minimum Gasteiger partial charge on any atom is -0.351 e. The van der Waals surface area contributed by atoms with Crippen molar-refractivity contribution in [3.05, 3.63) is 22.4 Å². The molecule has 0 unspecified atom stereocenters. The molecule has 2 atom stereocenters. The molecule has 6 nitrogen and oxygen atoms in total. The van der Waals surface area contributed by atoms with Gasteiger partial charge in [0.2, 0.25) is 17.7 Å². The highest BCUT2D eigenvalue weighted by molar-refractivity contribution is 7.09. The van der Waals surface area contributed by atoms with Crippen LogP contribution < -0.4 is 10.6 Å². The Bertz CT molecular complexity index is 700. The van der Waals surface area contributed by atoms with Crippen molar-refractivity contribution in [3.63, 3.8) is 0 Å². The van der Waals surface area contributed by atoms with Gasteiger partial charge >= 0.3 is 0 Å². The number of thiophene rings is 1. The molecule has 3 rings (SSSR count). The summed E-state index contributed by atoms with van der Waals surface area (Å²) in [5.74, 6) is -0.349. The molecule has 0 radical (unpaired) electrons. The average Bonchev–Trinajstić information content (AvgIpc) is 3.37. The molecule has 2 aliphatic rings. The highest BCUT2D eigenvalue weighted by Crippen LogP contribution is 2.28. The molecule has 1 aliphatic carbocycles. The van der Waals surface area contributed by atoms with Gasteiger partial charge in [-0.15, -0.1) is 11.3 Å². The van der Waals surface area contributed by atoms with Crippen LogP contribution in [0.2, 0.25) is 0 Å². The van der Waals surface area contributed by atoms with Crippen molar-refractivity contribution in [1.82, 2.24) is 15.5 Å². The van der Waals surface area contributed by atoms with E-state index >= 15 is 0 Å². The van der Waals surface area contributed by atoms with E-state index in [-0.39, 0.29) is 23.8 Å². The summed E-state index contributed by atoms with van der Waals surface area (Å²) in [5, 5.41) is 7.95. The Morgan fingerprint density at radius 3 is 2.61 bits per heavy atom. The number of hydrogen-bond donors (Lipinski definition) is 2. The fourth-order valence-electron chi connectivity index (χ4n) is 4.10. The third-order valence-corrected chi connectivity index (χ3v) is 7.03. The molecule has 2 fully saturated rings. The highest BCUT2D eigenvalue weighted by atomic mass is 32.1. The molecule has 1 aliphatic heterocycles. The maximum atomic E-state index is 13.4. The SMILES string of the molecule is CC[C@@](C)(C(=O)NC1CCCCC1)N(Cc1cccs1)C(=O)[C@H]1CCC(=O)N1. The van der Waals surface area contributed by atoms with Crippen molar-refractivity contribution >= 4 is 29.1 Å². The van der Waals surface area contributed by atoms with E-state index in [0.29, 0.717) is 25.8 Å². The molecular weight excluding hydrogens is 374 g/mol. The molecule has 0 spiro atoms. The number of nitrogens with zero attached hydrogens (tertiary/aromatic N) is 1. The normalized spacial score (nSPS) is 22.4. The zero-order valence-corrected chi connectivity index (χ0v) is 17.6. The third-order valence-electron chi connectivity index (χ3n) is 6.17. The summed E-state index contributed by atoms with van der Waals surface area (Å²) in [4.78, 5) is 41.1. The zero-order valence-electron chi connectivity index (χ0n) is 16.8. The van der Waals surface area contributed by atoms with Crippen molar-refractivity contribution in [3.8, 4) is 0 Å². The molecule has 1 aromatic heterocycles. The molecule has 2 N–H and O–H groups in total. The number of rotatable bonds is 7. The van der Waals surface area contributed by atoms with E-state index in [1.54, 1.807) is 16.2 Å². The van der Waals surface area contributed by atoms with Gasteiger partial charge in [-0.05, 0) is 44.1 Å². The van der Waals surface area contributed by atoms with Crippen LogP contribution in [0.15, 0.2) is 17.5 Å². The van der Waals surface area contributed by atoms with Crippen LogP contribution in [-0.2, 0) is 20.9 Å². The van der Waals surface area contributed by atoms with Crippen LogP contribution in [0.1, 0.15) is 70.1 Å². The molecule has 0 bridgehead atoms. The highest BCUT2D eigenvalue weighted by Gasteiger charge is 2.44. The summed E-state index contributed by atoms with van der Waals surface area (Å²) in [6.45, 7) is 4.18. The van der Waals surface area contributed by atoms with Gasteiger partial charge in [0.25, 0.3) is 0 Å². The predicted molar refractivity (Wildman–Crippen MR) is 110 cm³/mol. The average molecular weight is 406 g/mol. The van der Waals surface area contributed by atoms with E-state index in [4.69, 9.17) is 0 Å². The Hall–Kier alpha value is -1.89. The number of nitrogens with one attached hydrogen (secondary N) is 2. The van der Waals surface area contributed by atoms with Gasteiger partial charge in [0.05, 0.1) is 6.54 Å². The van der Waals surface area contributed by atoms with E-state index in [1.165, 1.54) is 6.42 Å². The maximum Gasteiger partial charge on any atom is 0.246 e. The van der Waals surface area contributed by atoms with Gasteiger partial charge in [0, 0.05) is 17.3 Å². The minimum absolute atomic E-state index is 0.0869. The van der Waals surface area contributed by atoms with Crippen molar-refractivity contribution in [2.75, 3.05) is 0 Å². The fourth-order valence-corrected chi connectivity index (χ4v) is 4.80. The van der Waals surface area contributed by atoms with Gasteiger partial charge in [0.15, 0.2) is 0 Å². The van der Waals surface area contributed by atoms with Gasteiger partial charge in [-0.2, -0.15) is 0 Å². The Morgan fingerprint density at radius 1 is 1.29 bits per heavy atom. The summed E-state index contributed by atoms with van der Waals surface area (Å²) in [6, 6.07) is 3.58. The summed E-state index contributed by atoms with van der Waals surface area (Å²) in [5.41, 5.74) is -0.953. The Labute approximate surface area is 171 Å². The minimum atomic E-state index is -0.953. The molecule has 1 aromatic rings. The smallest absolute Gasteiger partial charge is 0.246 e. The molecule has 3 amide bonds. The van der Waals surface area contributed by atoms with E-state index < -0.39 is 11.6 Å². The molecule has 2 heterocycles. The number of hydrogen-bond acceptors (Lipinski definition) is 4. The first-order valence-corrected chi connectivity index (χ1v) is 11.3. The first kappa shape index (κ1) is 20.8. The second-order valence-electron chi connectivity index (χ2n) is 8.10. The summed E-state index contributed by atoms with van der Waals surface area (Å²) >= 11 is 1.57. The van der Waals surface area contributed by atoms with Gasteiger partial charge in [-0.25, -0.2) is 0 Å². The van der Waals surface area contributed by atoms with Crippen LogP contribution in [0.4, 0.5) is 0 Å². The van der Waals surface area contributed by atoms with Crippen molar-refractivity contribution in [2.24, 2.45) is 0 Å². The Balaban J connectivity index is 1.82. The molecule has 0 aromatic carbocycles. The van der Waals surface area contributed by atoms with E-state index in [9.17, 15) is 14.4 Å².